The summed E-state index contributed by atoms with van der Waals surface area (Å²) in [5.74, 6) is 2.19. The second-order valence-corrected chi connectivity index (χ2v) is 15.6. The predicted molar refractivity (Wildman–Crippen MR) is 201 cm³/mol. The largest absolute Gasteiger partial charge is 0.496 e. The highest BCUT2D eigenvalue weighted by molar-refractivity contribution is 7.18. The fourth-order valence-electron chi connectivity index (χ4n) is 6.00. The molecule has 0 N–H and O–H groups in total. The first kappa shape index (κ1) is 34.5. The number of unbranched alkanes of at least 4 members (excludes halogenated alkanes) is 1. The first-order valence-corrected chi connectivity index (χ1v) is 18.9. The van der Waals surface area contributed by atoms with Crippen LogP contribution in [-0.4, -0.2) is 41.7 Å². The molecule has 7 heteroatoms. The van der Waals surface area contributed by atoms with Crippen LogP contribution in [0, 0.1) is 12.8 Å². The quantitative estimate of drug-likeness (QED) is 0.116. The zero-order valence-corrected chi connectivity index (χ0v) is 29.8. The molecule has 48 heavy (non-hydrogen) atoms. The van der Waals surface area contributed by atoms with E-state index in [1.807, 2.05) is 62.1 Å². The summed E-state index contributed by atoms with van der Waals surface area (Å²) in [5, 5.41) is 3.74. The van der Waals surface area contributed by atoms with Gasteiger partial charge >= 0.3 is 0 Å². The SMILES string of the molecule is C/C=C/c1cc(OC)c(/C=C/c2ccc([Si](c3ccccn3)(c3ccccn3)c3ccc(C)cn3)nc2)cc1OCC(CC)CCCC. The molecule has 4 heterocycles. The van der Waals surface area contributed by atoms with Crippen LogP contribution in [-0.2, 0) is 0 Å². The van der Waals surface area contributed by atoms with Crippen LogP contribution in [0.4, 0.5) is 0 Å². The van der Waals surface area contributed by atoms with Gasteiger partial charge in [-0.3, -0.25) is 19.9 Å². The lowest BCUT2D eigenvalue weighted by Gasteiger charge is -2.29. The molecule has 1 unspecified atom stereocenters. The van der Waals surface area contributed by atoms with Gasteiger partial charge in [-0.2, -0.15) is 0 Å². The average Bonchev–Trinajstić information content (AvgIpc) is 3.14. The molecule has 0 saturated carbocycles. The van der Waals surface area contributed by atoms with Crippen LogP contribution < -0.4 is 30.7 Å². The van der Waals surface area contributed by atoms with Gasteiger partial charge < -0.3 is 9.47 Å². The maximum Gasteiger partial charge on any atom is 0.263 e. The highest BCUT2D eigenvalue weighted by atomic mass is 28.3. The van der Waals surface area contributed by atoms with Gasteiger partial charge in [0.25, 0.3) is 8.07 Å². The summed E-state index contributed by atoms with van der Waals surface area (Å²) in [6, 6.07) is 24.7. The Bertz CT molecular complexity index is 1750. The Labute approximate surface area is 286 Å². The fraction of sp³-hybridized carbons (Fsp3) is 0.268. The second-order valence-electron chi connectivity index (χ2n) is 12.1. The molecule has 246 valence electrons. The molecule has 0 radical (unpaired) electrons. The molecule has 0 aliphatic heterocycles. The van der Waals surface area contributed by atoms with E-state index in [-0.39, 0.29) is 0 Å². The van der Waals surface area contributed by atoms with Crippen LogP contribution in [0.3, 0.4) is 0 Å². The average molecular weight is 655 g/mol. The van der Waals surface area contributed by atoms with Crippen molar-refractivity contribution in [2.45, 2.75) is 53.4 Å². The van der Waals surface area contributed by atoms with Crippen LogP contribution in [0.2, 0.25) is 0 Å². The van der Waals surface area contributed by atoms with Crippen molar-refractivity contribution in [2.24, 2.45) is 5.92 Å². The number of aryl methyl sites for hydroxylation is 1. The summed E-state index contributed by atoms with van der Waals surface area (Å²) < 4.78 is 12.3. The molecule has 0 fully saturated rings. The molecular formula is C41H46N4O2Si. The molecule has 6 nitrogen and oxygen atoms in total. The minimum absolute atomic E-state index is 0.539. The molecule has 0 saturated heterocycles. The molecule has 0 amide bonds. The van der Waals surface area contributed by atoms with Gasteiger partial charge in [-0.05, 0) is 85.8 Å². The second kappa shape index (κ2) is 16.8. The van der Waals surface area contributed by atoms with Crippen molar-refractivity contribution >= 4 is 47.6 Å². The Morgan fingerprint density at radius 1 is 0.729 bits per heavy atom. The van der Waals surface area contributed by atoms with E-state index < -0.39 is 8.07 Å². The number of methoxy groups -OCH3 is 1. The summed E-state index contributed by atoms with van der Waals surface area (Å²) in [4.78, 5) is 19.9. The standard InChI is InChI=1S/C41H46N4O2Si/c1-6-9-15-32(8-3)30-47-37-27-35(36(46-5)26-34(37)14-7-2)21-19-33-20-23-41(45-29-33)48(38-16-10-12-24-42-38,39-17-11-13-25-43-39)40-22-18-31(4)28-44-40/h7,10-14,16-29,32H,6,8-9,15,30H2,1-5H3/b14-7+,21-19+. The van der Waals surface area contributed by atoms with Gasteiger partial charge in [0.2, 0.25) is 0 Å². The Balaban J connectivity index is 1.52. The number of benzene rings is 1. The van der Waals surface area contributed by atoms with Gasteiger partial charge in [-0.25, -0.2) is 0 Å². The predicted octanol–water partition coefficient (Wildman–Crippen LogP) is 6.76. The summed E-state index contributed by atoms with van der Waals surface area (Å²) in [5.41, 5.74) is 4.02. The third kappa shape index (κ3) is 7.80. The number of hydrogen-bond donors (Lipinski definition) is 0. The van der Waals surface area contributed by atoms with E-state index in [2.05, 4.69) is 87.5 Å². The van der Waals surface area contributed by atoms with Crippen molar-refractivity contribution in [3.8, 4) is 11.5 Å². The number of hydrogen-bond acceptors (Lipinski definition) is 6. The number of aromatic nitrogens is 4. The van der Waals surface area contributed by atoms with Gasteiger partial charge in [0, 0.05) is 57.2 Å². The van der Waals surface area contributed by atoms with Gasteiger partial charge in [0.05, 0.1) is 13.7 Å². The molecule has 5 aromatic rings. The lowest BCUT2D eigenvalue weighted by atomic mass is 10.0. The highest BCUT2D eigenvalue weighted by Gasteiger charge is 2.47. The zero-order chi connectivity index (χ0) is 33.8. The van der Waals surface area contributed by atoms with E-state index in [1.54, 1.807) is 7.11 Å². The maximum absolute atomic E-state index is 6.45. The summed E-state index contributed by atoms with van der Waals surface area (Å²) in [6.45, 7) is 9.26. The molecule has 1 atom stereocenters. The van der Waals surface area contributed by atoms with E-state index in [9.17, 15) is 0 Å². The molecule has 0 spiro atoms. The van der Waals surface area contributed by atoms with E-state index >= 15 is 0 Å². The molecule has 0 aliphatic rings. The van der Waals surface area contributed by atoms with E-state index in [0.29, 0.717) is 12.5 Å². The third-order valence-corrected chi connectivity index (χ3v) is 13.0. The number of ether oxygens (including phenoxy) is 2. The highest BCUT2D eigenvalue weighted by Crippen LogP contribution is 2.32. The van der Waals surface area contributed by atoms with Crippen LogP contribution in [0.5, 0.6) is 11.5 Å². The summed E-state index contributed by atoms with van der Waals surface area (Å²) in [7, 11) is -1.30. The first-order chi connectivity index (χ1) is 23.5. The van der Waals surface area contributed by atoms with Crippen LogP contribution >= 0.6 is 0 Å². The van der Waals surface area contributed by atoms with Crippen molar-refractivity contribution in [3.63, 3.8) is 0 Å². The van der Waals surface area contributed by atoms with Crippen molar-refractivity contribution in [1.82, 2.24) is 19.9 Å². The molecule has 5 rings (SSSR count). The van der Waals surface area contributed by atoms with Crippen molar-refractivity contribution in [2.75, 3.05) is 13.7 Å². The minimum Gasteiger partial charge on any atom is -0.496 e. The van der Waals surface area contributed by atoms with Gasteiger partial charge in [0.15, 0.2) is 0 Å². The van der Waals surface area contributed by atoms with Crippen molar-refractivity contribution in [1.29, 1.82) is 0 Å². The Morgan fingerprint density at radius 2 is 1.38 bits per heavy atom. The van der Waals surface area contributed by atoms with Gasteiger partial charge in [-0.15, -0.1) is 0 Å². The zero-order valence-electron chi connectivity index (χ0n) is 28.8. The van der Waals surface area contributed by atoms with Gasteiger partial charge in [-0.1, -0.05) is 81.7 Å². The first-order valence-electron chi connectivity index (χ1n) is 16.9. The number of rotatable bonds is 15. The van der Waals surface area contributed by atoms with Gasteiger partial charge in [0.1, 0.15) is 11.5 Å². The third-order valence-electron chi connectivity index (χ3n) is 8.75. The number of allylic oxidation sites excluding steroid dienone is 1. The summed E-state index contributed by atoms with van der Waals surface area (Å²) >= 11 is 0. The topological polar surface area (TPSA) is 70.0 Å². The van der Waals surface area contributed by atoms with Crippen molar-refractivity contribution < 1.29 is 9.47 Å². The summed E-state index contributed by atoms with van der Waals surface area (Å²) in [6.07, 6.45) is 20.5. The molecular weight excluding hydrogens is 609 g/mol. The Kier molecular flexibility index (Phi) is 12.1. The lowest BCUT2D eigenvalue weighted by molar-refractivity contribution is 0.232. The van der Waals surface area contributed by atoms with Crippen LogP contribution in [0.25, 0.3) is 18.2 Å². The minimum atomic E-state index is -3.01. The molecule has 0 aliphatic carbocycles. The number of nitrogens with zero attached hydrogens (tertiary/aromatic N) is 4. The lowest BCUT2D eigenvalue weighted by Crippen LogP contribution is -2.77. The van der Waals surface area contributed by atoms with Crippen molar-refractivity contribution in [3.05, 3.63) is 126 Å². The normalized spacial score (nSPS) is 12.4. The Morgan fingerprint density at radius 3 is 1.92 bits per heavy atom. The van der Waals surface area contributed by atoms with E-state index in [0.717, 1.165) is 61.4 Å². The number of pyridine rings is 4. The Hall–Kier alpha value is -4.88. The molecule has 4 aromatic heterocycles. The van der Waals surface area contributed by atoms with Crippen LogP contribution in [0.1, 0.15) is 68.7 Å². The maximum atomic E-state index is 6.45. The van der Waals surface area contributed by atoms with E-state index in [4.69, 9.17) is 29.4 Å². The van der Waals surface area contributed by atoms with Crippen LogP contribution in [0.15, 0.2) is 104 Å². The molecule has 1 aromatic carbocycles. The molecule has 0 bridgehead atoms. The fourth-order valence-corrected chi connectivity index (χ4v) is 9.98. The van der Waals surface area contributed by atoms with E-state index in [1.165, 1.54) is 19.3 Å². The smallest absolute Gasteiger partial charge is 0.263 e. The monoisotopic (exact) mass is 654 g/mol.